The minimum absolute atomic E-state index is 0.419. The Morgan fingerprint density at radius 3 is 2.56 bits per heavy atom. The van der Waals surface area contributed by atoms with Gasteiger partial charge in [0, 0.05) is 12.0 Å². The molecule has 0 aliphatic carbocycles. The van der Waals surface area contributed by atoms with Gasteiger partial charge in [0.2, 0.25) is 0 Å². The van der Waals surface area contributed by atoms with E-state index in [0.717, 1.165) is 18.4 Å². The number of amides is 1. The fourth-order valence-electron chi connectivity index (χ4n) is 4.56. The summed E-state index contributed by atoms with van der Waals surface area (Å²) in [5, 5.41) is 0. The Morgan fingerprint density at radius 1 is 1.26 bits per heavy atom. The molecule has 2 heterocycles. The summed E-state index contributed by atoms with van der Waals surface area (Å²) in [7, 11) is 0. The quantitative estimate of drug-likeness (QED) is 0.704. The zero-order valence-electron chi connectivity index (χ0n) is 17.1. The molecular weight excluding hydrogens is 343 g/mol. The number of fused-ring (bicyclic) bond motifs is 2. The Balaban J connectivity index is 1.90. The van der Waals surface area contributed by atoms with E-state index in [1.54, 1.807) is 4.90 Å². The lowest BCUT2D eigenvalue weighted by Gasteiger charge is -2.59. The Morgan fingerprint density at radius 2 is 1.93 bits per heavy atom. The molecule has 0 unspecified atom stereocenters. The van der Waals surface area contributed by atoms with E-state index in [2.05, 4.69) is 4.99 Å². The summed E-state index contributed by atoms with van der Waals surface area (Å²) < 4.78 is 21.3. The standard InChI is InChI=1S/C22H31FN2O2/c1-20(2,3)27-19(26)25-21(4)12-9-13-22(25,5)18(23)17(14-21)24-15-16-10-7-6-8-11-16/h6-8,10-11,18H,9,12-15H2,1-5H3/t18-,21-,22+/m0/s1. The van der Waals surface area contributed by atoms with Gasteiger partial charge in [-0.05, 0) is 59.4 Å². The van der Waals surface area contributed by atoms with Crippen LogP contribution in [0.3, 0.4) is 0 Å². The van der Waals surface area contributed by atoms with Gasteiger partial charge in [-0.15, -0.1) is 0 Å². The number of piperidine rings is 2. The van der Waals surface area contributed by atoms with Crippen LogP contribution in [0.5, 0.6) is 0 Å². The molecule has 27 heavy (non-hydrogen) atoms. The molecule has 2 saturated heterocycles. The number of benzene rings is 1. The number of alkyl halides is 1. The van der Waals surface area contributed by atoms with Crippen molar-refractivity contribution in [2.24, 2.45) is 4.99 Å². The maximum absolute atomic E-state index is 15.6. The van der Waals surface area contributed by atoms with Crippen molar-refractivity contribution in [1.29, 1.82) is 0 Å². The Bertz CT molecular complexity index is 728. The minimum atomic E-state index is -1.28. The highest BCUT2D eigenvalue weighted by molar-refractivity contribution is 5.94. The van der Waals surface area contributed by atoms with Crippen molar-refractivity contribution in [2.45, 2.75) is 89.7 Å². The number of carbonyl (C=O) groups excluding carboxylic acids is 1. The van der Waals surface area contributed by atoms with E-state index in [1.165, 1.54) is 0 Å². The summed E-state index contributed by atoms with van der Waals surface area (Å²) in [6.45, 7) is 9.88. The molecule has 2 bridgehead atoms. The zero-order chi connectivity index (χ0) is 19.9. The molecule has 2 aliphatic heterocycles. The largest absolute Gasteiger partial charge is 0.444 e. The van der Waals surface area contributed by atoms with Crippen LogP contribution in [0.2, 0.25) is 0 Å². The molecule has 2 fully saturated rings. The van der Waals surface area contributed by atoms with E-state index < -0.39 is 28.9 Å². The molecule has 0 radical (unpaired) electrons. The van der Waals surface area contributed by atoms with Crippen LogP contribution in [-0.2, 0) is 11.3 Å². The average Bonchev–Trinajstić information content (AvgIpc) is 2.56. The van der Waals surface area contributed by atoms with Gasteiger partial charge in [0.1, 0.15) is 5.60 Å². The second kappa shape index (κ2) is 6.92. The van der Waals surface area contributed by atoms with Gasteiger partial charge in [0.05, 0.1) is 17.8 Å². The van der Waals surface area contributed by atoms with Crippen LogP contribution in [0.4, 0.5) is 9.18 Å². The van der Waals surface area contributed by atoms with Crippen LogP contribution < -0.4 is 0 Å². The molecule has 3 atom stereocenters. The van der Waals surface area contributed by atoms with E-state index in [1.807, 2.05) is 65.0 Å². The first kappa shape index (κ1) is 19.8. The Hall–Kier alpha value is -1.91. The molecule has 0 saturated carbocycles. The second-order valence-corrected chi connectivity index (χ2v) is 9.36. The lowest BCUT2D eigenvalue weighted by molar-refractivity contribution is -0.0874. The molecule has 0 spiro atoms. The number of nitrogens with zero attached hydrogens (tertiary/aromatic N) is 2. The lowest BCUT2D eigenvalue weighted by atomic mass is 9.67. The van der Waals surface area contributed by atoms with Crippen molar-refractivity contribution >= 4 is 11.8 Å². The van der Waals surface area contributed by atoms with Gasteiger partial charge in [-0.1, -0.05) is 30.3 Å². The molecule has 148 valence electrons. The molecule has 4 nitrogen and oxygen atoms in total. The van der Waals surface area contributed by atoms with Crippen molar-refractivity contribution in [3.63, 3.8) is 0 Å². The molecular formula is C22H31FN2O2. The lowest BCUT2D eigenvalue weighted by Crippen LogP contribution is -2.72. The van der Waals surface area contributed by atoms with Crippen molar-refractivity contribution in [3.8, 4) is 0 Å². The van der Waals surface area contributed by atoms with Crippen LogP contribution in [-0.4, -0.2) is 39.6 Å². The van der Waals surface area contributed by atoms with E-state index >= 15 is 4.39 Å². The van der Waals surface area contributed by atoms with Crippen molar-refractivity contribution in [2.75, 3.05) is 0 Å². The van der Waals surface area contributed by atoms with Gasteiger partial charge < -0.3 is 4.74 Å². The fourth-order valence-corrected chi connectivity index (χ4v) is 4.56. The van der Waals surface area contributed by atoms with Gasteiger partial charge in [0.25, 0.3) is 0 Å². The van der Waals surface area contributed by atoms with Gasteiger partial charge in [-0.25, -0.2) is 9.18 Å². The number of hydrogen-bond donors (Lipinski definition) is 0. The van der Waals surface area contributed by atoms with E-state index in [9.17, 15) is 4.79 Å². The van der Waals surface area contributed by atoms with Crippen LogP contribution in [0.1, 0.15) is 65.9 Å². The predicted molar refractivity (Wildman–Crippen MR) is 106 cm³/mol. The molecule has 1 amide bonds. The van der Waals surface area contributed by atoms with Crippen LogP contribution in [0.25, 0.3) is 0 Å². The third-order valence-electron chi connectivity index (χ3n) is 5.73. The van der Waals surface area contributed by atoms with E-state index in [0.29, 0.717) is 25.1 Å². The molecule has 1 aromatic carbocycles. The first-order chi connectivity index (χ1) is 12.6. The maximum Gasteiger partial charge on any atom is 0.411 e. The molecule has 1 aromatic rings. The van der Waals surface area contributed by atoms with Crippen molar-refractivity contribution in [1.82, 2.24) is 4.90 Å². The number of aliphatic imine (C=N–C) groups is 1. The van der Waals surface area contributed by atoms with Gasteiger partial charge in [-0.2, -0.15) is 0 Å². The summed E-state index contributed by atoms with van der Waals surface area (Å²) in [5.41, 5.74) is -0.349. The minimum Gasteiger partial charge on any atom is -0.444 e. The predicted octanol–water partition coefficient (Wildman–Crippen LogP) is 5.31. The number of hydrogen-bond acceptors (Lipinski definition) is 3. The Labute approximate surface area is 161 Å². The second-order valence-electron chi connectivity index (χ2n) is 9.36. The topological polar surface area (TPSA) is 41.9 Å². The maximum atomic E-state index is 15.6. The van der Waals surface area contributed by atoms with Crippen LogP contribution >= 0.6 is 0 Å². The number of carbonyl (C=O) groups is 1. The number of rotatable bonds is 2. The van der Waals surface area contributed by atoms with Gasteiger partial charge in [0.15, 0.2) is 6.17 Å². The summed E-state index contributed by atoms with van der Waals surface area (Å²) in [4.78, 5) is 19.3. The molecule has 2 aliphatic rings. The fraction of sp³-hybridized carbons (Fsp3) is 0.636. The third-order valence-corrected chi connectivity index (χ3v) is 5.73. The summed E-state index contributed by atoms with van der Waals surface area (Å²) >= 11 is 0. The smallest absolute Gasteiger partial charge is 0.411 e. The van der Waals surface area contributed by atoms with E-state index in [-0.39, 0.29) is 0 Å². The highest BCUT2D eigenvalue weighted by Crippen LogP contribution is 2.49. The normalized spacial score (nSPS) is 32.4. The molecule has 0 aromatic heterocycles. The molecule has 3 rings (SSSR count). The Kier molecular flexibility index (Phi) is 5.08. The SMILES string of the molecule is CC(C)(C)OC(=O)N1[C@@]2(C)CCC[C@]1(C)[C@@H](F)C(=NCc1ccccc1)C2. The summed E-state index contributed by atoms with van der Waals surface area (Å²) in [6, 6.07) is 9.88. The number of halogens is 1. The van der Waals surface area contributed by atoms with Crippen molar-refractivity contribution in [3.05, 3.63) is 35.9 Å². The molecule has 5 heteroatoms. The third kappa shape index (κ3) is 3.87. The highest BCUT2D eigenvalue weighted by atomic mass is 19.1. The van der Waals surface area contributed by atoms with Crippen molar-refractivity contribution < 1.29 is 13.9 Å². The van der Waals surface area contributed by atoms with E-state index in [4.69, 9.17) is 4.74 Å². The average molecular weight is 375 g/mol. The van der Waals surface area contributed by atoms with Gasteiger partial charge >= 0.3 is 6.09 Å². The first-order valence-electron chi connectivity index (χ1n) is 9.80. The monoisotopic (exact) mass is 374 g/mol. The summed E-state index contributed by atoms with van der Waals surface area (Å²) in [6.07, 6.45) is 1.11. The summed E-state index contributed by atoms with van der Waals surface area (Å²) in [5.74, 6) is 0. The molecule has 0 N–H and O–H groups in total. The van der Waals surface area contributed by atoms with Crippen LogP contribution in [0.15, 0.2) is 35.3 Å². The van der Waals surface area contributed by atoms with Gasteiger partial charge in [-0.3, -0.25) is 9.89 Å². The first-order valence-corrected chi connectivity index (χ1v) is 9.80. The highest BCUT2D eigenvalue weighted by Gasteiger charge is 2.60. The zero-order valence-corrected chi connectivity index (χ0v) is 17.1. The number of ether oxygens (including phenoxy) is 1. The van der Waals surface area contributed by atoms with Crippen LogP contribution in [0, 0.1) is 0 Å².